The summed E-state index contributed by atoms with van der Waals surface area (Å²) in [6, 6.07) is 9.79. The molecule has 1 aromatic rings. The monoisotopic (exact) mass is 427 g/mol. The number of carbonyl (C=O) groups excluding carboxylic acids is 1. The van der Waals surface area contributed by atoms with Crippen LogP contribution in [0.1, 0.15) is 56.9 Å². The van der Waals surface area contributed by atoms with Crippen LogP contribution in [0.3, 0.4) is 0 Å². The number of esters is 1. The molecule has 2 aliphatic rings. The summed E-state index contributed by atoms with van der Waals surface area (Å²) in [5.41, 5.74) is 2.82. The molecule has 0 N–H and O–H groups in total. The molecular formula is C25H33NO3S. The molecule has 1 saturated carbocycles. The topological polar surface area (TPSA) is 55.7 Å². The molecule has 30 heavy (non-hydrogen) atoms. The van der Waals surface area contributed by atoms with E-state index < -0.39 is 0 Å². The largest absolute Gasteiger partial charge is 0.469 e. The second-order valence-electron chi connectivity index (χ2n) is 8.29. The number of hydrogen-bond donors (Lipinski definition) is 0. The Morgan fingerprint density at radius 1 is 1.20 bits per heavy atom. The van der Waals surface area contributed by atoms with Crippen molar-refractivity contribution in [3.05, 3.63) is 63.4 Å². The smallest absolute Gasteiger partial charge is 0.305 e. The zero-order valence-corrected chi connectivity index (χ0v) is 18.7. The average molecular weight is 428 g/mol. The zero-order valence-electron chi connectivity index (χ0n) is 17.9. The maximum absolute atomic E-state index is 11.4. The van der Waals surface area contributed by atoms with Crippen LogP contribution in [0.25, 0.3) is 0 Å². The van der Waals surface area contributed by atoms with Gasteiger partial charge in [-0.1, -0.05) is 59.7 Å². The fourth-order valence-corrected chi connectivity index (χ4v) is 5.55. The maximum Gasteiger partial charge on any atom is 0.305 e. The van der Waals surface area contributed by atoms with E-state index in [1.54, 1.807) is 10.5 Å². The number of thioether (sulfide) groups is 1. The molecule has 1 aromatic carbocycles. The molecule has 0 radical (unpaired) electrons. The summed E-state index contributed by atoms with van der Waals surface area (Å²) in [6.45, 7) is 0. The number of nitrogens with zero attached hydrogens (tertiary/aromatic N) is 1. The molecule has 0 amide bonds. The Morgan fingerprint density at radius 3 is 2.70 bits per heavy atom. The van der Waals surface area contributed by atoms with Gasteiger partial charge in [0.25, 0.3) is 0 Å². The molecule has 0 spiro atoms. The molecule has 1 fully saturated rings. The molecule has 5 heteroatoms. The molecule has 0 aliphatic heterocycles. The van der Waals surface area contributed by atoms with Gasteiger partial charge in [-0.15, -0.1) is 11.8 Å². The number of nitroso groups, excluding NO2 is 1. The highest BCUT2D eigenvalue weighted by atomic mass is 32.2. The SMILES string of the molecule is COC(=O)CCCCCSC1=C(C2CC2)CCC1/C=C/C(Cc1ccccc1)N=O. The van der Waals surface area contributed by atoms with E-state index in [-0.39, 0.29) is 12.0 Å². The van der Waals surface area contributed by atoms with Gasteiger partial charge < -0.3 is 4.74 Å². The number of rotatable bonds is 13. The highest BCUT2D eigenvalue weighted by Crippen LogP contribution is 2.50. The summed E-state index contributed by atoms with van der Waals surface area (Å²) in [5.74, 6) is 2.21. The standard InChI is InChI=1S/C25H33NO3S/c1-29-24(27)10-6-3-7-17-30-25-21(14-16-23(25)20-11-12-20)13-15-22(26-28)18-19-8-4-2-5-9-19/h2,4-5,8-9,13,15,20-22H,3,6-7,10-12,14,16-18H2,1H3/b15-13+. The molecule has 0 bridgehead atoms. The van der Waals surface area contributed by atoms with E-state index in [9.17, 15) is 9.70 Å². The van der Waals surface area contributed by atoms with Gasteiger partial charge in [0.1, 0.15) is 6.04 Å². The van der Waals surface area contributed by atoms with Gasteiger partial charge in [0.05, 0.1) is 7.11 Å². The van der Waals surface area contributed by atoms with Crippen molar-refractivity contribution in [1.29, 1.82) is 0 Å². The van der Waals surface area contributed by atoms with Crippen molar-refractivity contribution >= 4 is 17.7 Å². The van der Waals surface area contributed by atoms with Crippen molar-refractivity contribution in [2.75, 3.05) is 12.9 Å². The van der Waals surface area contributed by atoms with Crippen molar-refractivity contribution < 1.29 is 9.53 Å². The predicted molar refractivity (Wildman–Crippen MR) is 124 cm³/mol. The molecule has 2 aliphatic carbocycles. The van der Waals surface area contributed by atoms with Gasteiger partial charge in [-0.25, -0.2) is 0 Å². The maximum atomic E-state index is 11.4. The summed E-state index contributed by atoms with van der Waals surface area (Å²) >= 11 is 2.00. The fraction of sp³-hybridized carbons (Fsp3) is 0.560. The summed E-state index contributed by atoms with van der Waals surface area (Å²) < 4.78 is 4.70. The Hall–Kier alpha value is -1.88. The second kappa shape index (κ2) is 12.1. The average Bonchev–Trinajstić information content (AvgIpc) is 3.54. The van der Waals surface area contributed by atoms with Gasteiger partial charge in [-0.05, 0) is 60.7 Å². The number of allylic oxidation sites excluding steroid dienone is 3. The number of ether oxygens (including phenoxy) is 1. The lowest BCUT2D eigenvalue weighted by molar-refractivity contribution is -0.140. The molecule has 2 atom stereocenters. The van der Waals surface area contributed by atoms with Gasteiger partial charge >= 0.3 is 5.97 Å². The Morgan fingerprint density at radius 2 is 2.00 bits per heavy atom. The van der Waals surface area contributed by atoms with Crippen LogP contribution in [0.5, 0.6) is 0 Å². The normalized spacial score (nSPS) is 20.0. The first-order chi connectivity index (χ1) is 14.7. The van der Waals surface area contributed by atoms with Crippen LogP contribution in [0, 0.1) is 16.7 Å². The first-order valence-electron chi connectivity index (χ1n) is 11.2. The quantitative estimate of drug-likeness (QED) is 0.157. The number of unbranched alkanes of at least 4 members (excludes halogenated alkanes) is 2. The molecule has 0 aromatic heterocycles. The highest BCUT2D eigenvalue weighted by molar-refractivity contribution is 8.03. The fourth-order valence-electron chi connectivity index (χ4n) is 4.11. The molecule has 0 heterocycles. The number of carbonyl (C=O) groups is 1. The van der Waals surface area contributed by atoms with E-state index in [1.165, 1.54) is 26.4 Å². The summed E-state index contributed by atoms with van der Waals surface area (Å²) in [7, 11) is 1.45. The van der Waals surface area contributed by atoms with Crippen LogP contribution in [0.15, 0.2) is 58.1 Å². The minimum Gasteiger partial charge on any atom is -0.469 e. The number of benzene rings is 1. The minimum absolute atomic E-state index is 0.115. The van der Waals surface area contributed by atoms with Crippen LogP contribution in [0.4, 0.5) is 0 Å². The Bertz CT molecular complexity index is 755. The lowest BCUT2D eigenvalue weighted by Crippen LogP contribution is -2.05. The van der Waals surface area contributed by atoms with Crippen molar-refractivity contribution in [2.24, 2.45) is 17.0 Å². The molecule has 0 saturated heterocycles. The van der Waals surface area contributed by atoms with E-state index in [0.717, 1.165) is 42.9 Å². The Balaban J connectivity index is 1.52. The number of methoxy groups -OCH3 is 1. The molecule has 3 rings (SSSR count). The second-order valence-corrected chi connectivity index (χ2v) is 9.43. The van der Waals surface area contributed by atoms with E-state index in [0.29, 0.717) is 18.8 Å². The van der Waals surface area contributed by atoms with E-state index in [4.69, 9.17) is 4.74 Å². The summed E-state index contributed by atoms with van der Waals surface area (Å²) in [6.07, 6.45) is 13.5. The van der Waals surface area contributed by atoms with Gasteiger partial charge in [-0.2, -0.15) is 4.91 Å². The van der Waals surface area contributed by atoms with Crippen molar-refractivity contribution in [2.45, 2.75) is 63.8 Å². The molecule has 162 valence electrons. The van der Waals surface area contributed by atoms with E-state index in [2.05, 4.69) is 11.3 Å². The van der Waals surface area contributed by atoms with Crippen molar-refractivity contribution in [1.82, 2.24) is 0 Å². The van der Waals surface area contributed by atoms with Gasteiger partial charge in [-0.3, -0.25) is 4.79 Å². The van der Waals surface area contributed by atoms with Crippen LogP contribution < -0.4 is 0 Å². The predicted octanol–water partition coefficient (Wildman–Crippen LogP) is 6.46. The molecular weight excluding hydrogens is 394 g/mol. The zero-order chi connectivity index (χ0) is 21.2. The first-order valence-corrected chi connectivity index (χ1v) is 12.2. The molecule has 4 nitrogen and oxygen atoms in total. The van der Waals surface area contributed by atoms with Crippen LogP contribution in [0.2, 0.25) is 0 Å². The third-order valence-electron chi connectivity index (χ3n) is 5.95. The minimum atomic E-state index is -0.304. The van der Waals surface area contributed by atoms with E-state index in [1.807, 2.05) is 48.2 Å². The summed E-state index contributed by atoms with van der Waals surface area (Å²) in [5, 5.41) is 3.36. The highest BCUT2D eigenvalue weighted by Gasteiger charge is 2.34. The summed E-state index contributed by atoms with van der Waals surface area (Å²) in [4.78, 5) is 24.1. The number of hydrogen-bond acceptors (Lipinski definition) is 5. The van der Waals surface area contributed by atoms with Crippen LogP contribution in [-0.2, 0) is 16.0 Å². The van der Waals surface area contributed by atoms with Crippen LogP contribution >= 0.6 is 11.8 Å². The third kappa shape index (κ3) is 7.12. The van der Waals surface area contributed by atoms with Gasteiger partial charge in [0, 0.05) is 18.8 Å². The van der Waals surface area contributed by atoms with Crippen molar-refractivity contribution in [3.8, 4) is 0 Å². The van der Waals surface area contributed by atoms with Gasteiger partial charge in [0.15, 0.2) is 0 Å². The lowest BCUT2D eigenvalue weighted by Gasteiger charge is -2.13. The third-order valence-corrected chi connectivity index (χ3v) is 7.32. The van der Waals surface area contributed by atoms with E-state index >= 15 is 0 Å². The van der Waals surface area contributed by atoms with Gasteiger partial charge in [0.2, 0.25) is 0 Å². The Kier molecular flexibility index (Phi) is 9.19. The van der Waals surface area contributed by atoms with Crippen LogP contribution in [-0.4, -0.2) is 24.9 Å². The first kappa shape index (κ1) is 22.8. The molecule has 2 unspecified atom stereocenters. The lowest BCUT2D eigenvalue weighted by atomic mass is 10.0. The van der Waals surface area contributed by atoms with Crippen molar-refractivity contribution in [3.63, 3.8) is 0 Å². The Labute approximate surface area is 184 Å².